The van der Waals surface area contributed by atoms with Gasteiger partial charge < -0.3 is 48.3 Å². The Bertz CT molecular complexity index is 980. The SMILES string of the molecule is CCC(C)C(NC(=O)C(N)CC(=O)O)C(=O)NC(CCCN=C(N)N)C(=O)NC(Cc1cnc[nH]1)C(=O)O. The van der Waals surface area contributed by atoms with Crippen LogP contribution in [0.4, 0.5) is 0 Å². The molecule has 0 radical (unpaired) electrons. The number of nitrogens with zero attached hydrogens (tertiary/aromatic N) is 2. The molecule has 212 valence electrons. The van der Waals surface area contributed by atoms with Gasteiger partial charge in [-0.1, -0.05) is 20.3 Å². The molecule has 16 nitrogen and oxygen atoms in total. The third kappa shape index (κ3) is 11.2. The molecule has 12 N–H and O–H groups in total. The average molecular weight is 540 g/mol. The van der Waals surface area contributed by atoms with Crippen LogP contribution in [0, 0.1) is 5.92 Å². The molecule has 1 rings (SSSR count). The van der Waals surface area contributed by atoms with E-state index in [1.165, 1.54) is 12.5 Å². The summed E-state index contributed by atoms with van der Waals surface area (Å²) in [5.41, 5.74) is 16.7. The largest absolute Gasteiger partial charge is 0.481 e. The van der Waals surface area contributed by atoms with Gasteiger partial charge >= 0.3 is 11.9 Å². The number of nitrogens with two attached hydrogens (primary N) is 3. The van der Waals surface area contributed by atoms with E-state index in [1.54, 1.807) is 13.8 Å². The van der Waals surface area contributed by atoms with Crippen LogP contribution in [0.25, 0.3) is 0 Å². The quantitative estimate of drug-likeness (QED) is 0.0561. The number of rotatable bonds is 17. The molecule has 5 unspecified atom stereocenters. The van der Waals surface area contributed by atoms with Crippen LogP contribution in [-0.2, 0) is 30.4 Å². The second-order valence-corrected chi connectivity index (χ2v) is 8.77. The normalized spacial score (nSPS) is 14.7. The summed E-state index contributed by atoms with van der Waals surface area (Å²) in [5, 5.41) is 25.9. The number of carbonyl (C=O) groups excluding carboxylic acids is 3. The number of hydrogen-bond acceptors (Lipinski definition) is 8. The van der Waals surface area contributed by atoms with Crippen molar-refractivity contribution in [3.8, 4) is 0 Å². The predicted molar refractivity (Wildman–Crippen MR) is 135 cm³/mol. The van der Waals surface area contributed by atoms with E-state index in [1.807, 2.05) is 0 Å². The van der Waals surface area contributed by atoms with Crippen molar-refractivity contribution in [1.82, 2.24) is 25.9 Å². The molecule has 1 aromatic rings. The van der Waals surface area contributed by atoms with Crippen LogP contribution in [0.5, 0.6) is 0 Å². The highest BCUT2D eigenvalue weighted by atomic mass is 16.4. The van der Waals surface area contributed by atoms with Crippen LogP contribution in [0.3, 0.4) is 0 Å². The summed E-state index contributed by atoms with van der Waals surface area (Å²) in [6, 6.07) is -5.04. The fraction of sp³-hybridized carbons (Fsp3) is 0.591. The van der Waals surface area contributed by atoms with Crippen LogP contribution in [0.15, 0.2) is 17.5 Å². The molecule has 1 aromatic heterocycles. The van der Waals surface area contributed by atoms with E-state index in [-0.39, 0.29) is 31.8 Å². The number of aliphatic imine (C=N–C) groups is 1. The molecule has 0 aliphatic rings. The lowest BCUT2D eigenvalue weighted by atomic mass is 9.97. The van der Waals surface area contributed by atoms with Crippen LogP contribution in [-0.4, -0.2) is 86.5 Å². The minimum absolute atomic E-state index is 0.0461. The van der Waals surface area contributed by atoms with Crippen molar-refractivity contribution in [2.75, 3.05) is 6.54 Å². The zero-order chi connectivity index (χ0) is 28.8. The van der Waals surface area contributed by atoms with Gasteiger partial charge in [-0.15, -0.1) is 0 Å². The molecule has 1 heterocycles. The maximum Gasteiger partial charge on any atom is 0.326 e. The highest BCUT2D eigenvalue weighted by Gasteiger charge is 2.32. The molecule has 0 spiro atoms. The Morgan fingerprint density at radius 1 is 1.05 bits per heavy atom. The van der Waals surface area contributed by atoms with E-state index in [0.29, 0.717) is 12.1 Å². The molecule has 0 aliphatic heterocycles. The van der Waals surface area contributed by atoms with Gasteiger partial charge in [0.05, 0.1) is 18.8 Å². The first-order valence-electron chi connectivity index (χ1n) is 12.0. The number of aromatic nitrogens is 2. The van der Waals surface area contributed by atoms with Crippen molar-refractivity contribution in [1.29, 1.82) is 0 Å². The van der Waals surface area contributed by atoms with Gasteiger partial charge in [-0.2, -0.15) is 0 Å². The van der Waals surface area contributed by atoms with Gasteiger partial charge in [0, 0.05) is 24.9 Å². The number of hydrogen-bond donors (Lipinski definition) is 9. The summed E-state index contributed by atoms with van der Waals surface area (Å²) in [5.74, 6) is -5.48. The number of aromatic amines is 1. The molecule has 0 aliphatic carbocycles. The first-order valence-corrected chi connectivity index (χ1v) is 12.0. The predicted octanol–water partition coefficient (Wildman–Crippen LogP) is -2.61. The van der Waals surface area contributed by atoms with Gasteiger partial charge in [-0.3, -0.25) is 24.2 Å². The molecule has 3 amide bonds. The number of carboxylic acid groups (broad SMARTS) is 2. The van der Waals surface area contributed by atoms with Crippen molar-refractivity contribution in [3.05, 3.63) is 18.2 Å². The highest BCUT2D eigenvalue weighted by Crippen LogP contribution is 2.11. The summed E-state index contributed by atoms with van der Waals surface area (Å²) >= 11 is 0. The van der Waals surface area contributed by atoms with E-state index in [9.17, 15) is 29.1 Å². The van der Waals surface area contributed by atoms with Crippen LogP contribution in [0.1, 0.15) is 45.2 Å². The van der Waals surface area contributed by atoms with Crippen molar-refractivity contribution >= 4 is 35.6 Å². The van der Waals surface area contributed by atoms with Crippen LogP contribution < -0.4 is 33.2 Å². The average Bonchev–Trinajstić information content (AvgIpc) is 3.35. The minimum Gasteiger partial charge on any atom is -0.481 e. The van der Waals surface area contributed by atoms with Crippen molar-refractivity contribution in [2.45, 2.75) is 70.1 Å². The second kappa shape index (κ2) is 15.8. The second-order valence-electron chi connectivity index (χ2n) is 8.77. The molecule has 16 heteroatoms. The van der Waals surface area contributed by atoms with Crippen molar-refractivity contribution in [3.63, 3.8) is 0 Å². The number of aliphatic carboxylic acids is 2. The lowest BCUT2D eigenvalue weighted by Gasteiger charge is -2.27. The zero-order valence-corrected chi connectivity index (χ0v) is 21.3. The standard InChI is InChI=1S/C22H37N9O7/c1-3-11(2)17(31-18(34)13(23)8-16(32)33)20(36)29-14(5-4-6-27-22(24)25)19(35)30-15(21(37)38)7-12-9-26-10-28-12/h9-11,13-15,17H,3-8,23H2,1-2H3,(H,26,28)(H,29,36)(H,30,35)(H,31,34)(H,32,33)(H,37,38)(H4,24,25,27). The molecule has 5 atom stereocenters. The lowest BCUT2D eigenvalue weighted by molar-refractivity contribution is -0.142. The molecule has 0 aromatic carbocycles. The molecule has 0 fully saturated rings. The summed E-state index contributed by atoms with van der Waals surface area (Å²) < 4.78 is 0. The first kappa shape index (κ1) is 31.8. The Labute approximate surface area is 219 Å². The Balaban J connectivity index is 3.07. The topological polar surface area (TPSA) is 281 Å². The third-order valence-corrected chi connectivity index (χ3v) is 5.70. The third-order valence-electron chi connectivity index (χ3n) is 5.70. The Morgan fingerprint density at radius 3 is 2.24 bits per heavy atom. The fourth-order valence-electron chi connectivity index (χ4n) is 3.37. The van der Waals surface area contributed by atoms with Crippen LogP contribution >= 0.6 is 0 Å². The molecular formula is C22H37N9O7. The van der Waals surface area contributed by atoms with E-state index in [4.69, 9.17) is 22.3 Å². The number of amides is 3. The fourth-order valence-corrected chi connectivity index (χ4v) is 3.37. The highest BCUT2D eigenvalue weighted by molar-refractivity contribution is 5.94. The molecule has 0 saturated heterocycles. The number of imidazole rings is 1. The number of guanidine groups is 1. The number of carbonyl (C=O) groups is 5. The van der Waals surface area contributed by atoms with Gasteiger partial charge in [-0.25, -0.2) is 9.78 Å². The maximum atomic E-state index is 13.2. The maximum absolute atomic E-state index is 13.2. The lowest BCUT2D eigenvalue weighted by Crippen LogP contribution is -2.58. The van der Waals surface area contributed by atoms with E-state index >= 15 is 0 Å². The van der Waals surface area contributed by atoms with Crippen molar-refractivity contribution < 1.29 is 34.2 Å². The molecule has 0 saturated carbocycles. The molecular weight excluding hydrogens is 502 g/mol. The van der Waals surface area contributed by atoms with E-state index in [2.05, 4.69) is 30.9 Å². The smallest absolute Gasteiger partial charge is 0.326 e. The van der Waals surface area contributed by atoms with E-state index < -0.39 is 66.2 Å². The zero-order valence-electron chi connectivity index (χ0n) is 21.3. The summed E-state index contributed by atoms with van der Waals surface area (Å²) in [4.78, 5) is 71.8. The summed E-state index contributed by atoms with van der Waals surface area (Å²) in [7, 11) is 0. The Kier molecular flexibility index (Phi) is 13.2. The number of carboxylic acids is 2. The number of H-pyrrole nitrogens is 1. The van der Waals surface area contributed by atoms with E-state index in [0.717, 1.165) is 0 Å². The summed E-state index contributed by atoms with van der Waals surface area (Å²) in [6.45, 7) is 3.61. The monoisotopic (exact) mass is 539 g/mol. The van der Waals surface area contributed by atoms with Gasteiger partial charge in [0.25, 0.3) is 0 Å². The Hall–Kier alpha value is -4.21. The van der Waals surface area contributed by atoms with Gasteiger partial charge in [0.15, 0.2) is 5.96 Å². The van der Waals surface area contributed by atoms with Gasteiger partial charge in [0.1, 0.15) is 18.1 Å². The van der Waals surface area contributed by atoms with Crippen molar-refractivity contribution in [2.24, 2.45) is 28.1 Å². The number of nitrogens with one attached hydrogen (secondary N) is 4. The van der Waals surface area contributed by atoms with Gasteiger partial charge in [0.2, 0.25) is 17.7 Å². The van der Waals surface area contributed by atoms with Gasteiger partial charge in [-0.05, 0) is 18.8 Å². The molecule has 0 bridgehead atoms. The minimum atomic E-state index is -1.38. The van der Waals surface area contributed by atoms with Crippen LogP contribution in [0.2, 0.25) is 0 Å². The Morgan fingerprint density at radius 2 is 1.71 bits per heavy atom. The summed E-state index contributed by atoms with van der Waals surface area (Å²) in [6.07, 6.45) is 2.84. The first-order chi connectivity index (χ1) is 17.8. The molecule has 38 heavy (non-hydrogen) atoms.